The van der Waals surface area contributed by atoms with Gasteiger partial charge in [-0.2, -0.15) is 4.31 Å². The molecule has 1 aliphatic rings. The van der Waals surface area contributed by atoms with Gasteiger partial charge in [0.05, 0.1) is 0 Å². The predicted molar refractivity (Wildman–Crippen MR) is 96.0 cm³/mol. The summed E-state index contributed by atoms with van der Waals surface area (Å²) in [6, 6.07) is 8.01. The minimum Gasteiger partial charge on any atom is -0.459 e. The summed E-state index contributed by atoms with van der Waals surface area (Å²) in [4.78, 5) is 25.2. The Morgan fingerprint density at radius 3 is 2.42 bits per heavy atom. The normalized spacial score (nSPS) is 25.8. The van der Waals surface area contributed by atoms with Crippen LogP contribution in [0.15, 0.2) is 30.3 Å². The van der Waals surface area contributed by atoms with Crippen LogP contribution in [0, 0.1) is 0 Å². The fourth-order valence-corrected chi connectivity index (χ4v) is 3.72. The summed E-state index contributed by atoms with van der Waals surface area (Å²) >= 11 is -2.14. The second kappa shape index (κ2) is 7.75. The van der Waals surface area contributed by atoms with Crippen LogP contribution in [0.1, 0.15) is 46.6 Å². The molecule has 2 rings (SSSR count). The van der Waals surface area contributed by atoms with Crippen molar-refractivity contribution >= 4 is 23.3 Å². The van der Waals surface area contributed by atoms with E-state index >= 15 is 0 Å². The average molecular weight is 383 g/mol. The number of esters is 1. The van der Waals surface area contributed by atoms with Crippen molar-refractivity contribution in [1.29, 1.82) is 0 Å². The van der Waals surface area contributed by atoms with Crippen LogP contribution in [0.25, 0.3) is 0 Å². The molecule has 0 bridgehead atoms. The van der Waals surface area contributed by atoms with E-state index in [0.717, 1.165) is 9.87 Å². The smallest absolute Gasteiger partial charge is 0.424 e. The Hall–Kier alpha value is -1.93. The van der Waals surface area contributed by atoms with E-state index in [0.29, 0.717) is 6.42 Å². The molecule has 0 N–H and O–H groups in total. The SMILES string of the molecule is CC[C@@]1(C)OS(=O)N(C(=O)OC(C)(C)C)[C@@H]1C(=O)OCc1ccccc1. The first kappa shape index (κ1) is 20.4. The minimum absolute atomic E-state index is 0.0464. The van der Waals surface area contributed by atoms with E-state index < -0.39 is 40.6 Å². The van der Waals surface area contributed by atoms with E-state index in [2.05, 4.69) is 0 Å². The molecule has 1 unspecified atom stereocenters. The van der Waals surface area contributed by atoms with Crippen LogP contribution in [0.4, 0.5) is 4.79 Å². The summed E-state index contributed by atoms with van der Waals surface area (Å²) in [6.07, 6.45) is -0.516. The number of nitrogens with zero attached hydrogens (tertiary/aromatic N) is 1. The topological polar surface area (TPSA) is 82.1 Å². The summed E-state index contributed by atoms with van der Waals surface area (Å²) in [5.41, 5.74) is -1.12. The molecule has 144 valence electrons. The molecule has 1 heterocycles. The molecule has 1 aliphatic heterocycles. The van der Waals surface area contributed by atoms with Gasteiger partial charge in [0.2, 0.25) is 0 Å². The Balaban J connectivity index is 2.22. The van der Waals surface area contributed by atoms with Gasteiger partial charge in [0.15, 0.2) is 6.04 Å². The monoisotopic (exact) mass is 383 g/mol. The van der Waals surface area contributed by atoms with Gasteiger partial charge in [0.25, 0.3) is 11.3 Å². The van der Waals surface area contributed by atoms with Crippen molar-refractivity contribution < 1.29 is 27.5 Å². The number of amides is 1. The zero-order valence-electron chi connectivity index (χ0n) is 15.7. The standard InChI is InChI=1S/C18H25NO6S/c1-6-18(5)14(15(20)23-12-13-10-8-7-9-11-13)19(26(22)25-18)16(21)24-17(2,3)4/h7-11,14H,6,12H2,1-5H3/t14-,18-,26?/m1/s1. The zero-order chi connectivity index (χ0) is 19.5. The Labute approximate surface area is 156 Å². The number of hydrogen-bond donors (Lipinski definition) is 0. The van der Waals surface area contributed by atoms with Crippen LogP contribution in [-0.4, -0.2) is 37.8 Å². The van der Waals surface area contributed by atoms with Crippen LogP contribution < -0.4 is 0 Å². The first-order chi connectivity index (χ1) is 12.1. The third-order valence-corrected chi connectivity index (χ3v) is 5.16. The molecule has 0 radical (unpaired) electrons. The maximum Gasteiger partial charge on any atom is 0.424 e. The van der Waals surface area contributed by atoms with Gasteiger partial charge in [-0.15, -0.1) is 0 Å². The van der Waals surface area contributed by atoms with E-state index in [4.69, 9.17) is 13.7 Å². The average Bonchev–Trinajstić information content (AvgIpc) is 2.83. The lowest BCUT2D eigenvalue weighted by Gasteiger charge is -2.29. The quantitative estimate of drug-likeness (QED) is 0.743. The Morgan fingerprint density at radius 1 is 1.27 bits per heavy atom. The van der Waals surface area contributed by atoms with Gasteiger partial charge in [-0.25, -0.2) is 13.8 Å². The summed E-state index contributed by atoms with van der Waals surface area (Å²) < 4.78 is 29.3. The zero-order valence-corrected chi connectivity index (χ0v) is 16.5. The van der Waals surface area contributed by atoms with Crippen molar-refractivity contribution in [3.05, 3.63) is 35.9 Å². The van der Waals surface area contributed by atoms with E-state index in [-0.39, 0.29) is 6.61 Å². The molecule has 0 aromatic heterocycles. The van der Waals surface area contributed by atoms with Crippen molar-refractivity contribution in [2.75, 3.05) is 0 Å². The minimum atomic E-state index is -2.14. The van der Waals surface area contributed by atoms with E-state index in [9.17, 15) is 13.8 Å². The molecule has 26 heavy (non-hydrogen) atoms. The molecule has 7 nitrogen and oxygen atoms in total. The third kappa shape index (κ3) is 4.62. The van der Waals surface area contributed by atoms with Gasteiger partial charge in [-0.05, 0) is 39.7 Å². The van der Waals surface area contributed by atoms with Crippen LogP contribution in [0.5, 0.6) is 0 Å². The number of hydrogen-bond acceptors (Lipinski definition) is 6. The number of rotatable bonds is 4. The summed E-state index contributed by atoms with van der Waals surface area (Å²) in [5.74, 6) is -0.685. The second-order valence-electron chi connectivity index (χ2n) is 7.27. The predicted octanol–water partition coefficient (Wildman–Crippen LogP) is 3.11. The lowest BCUT2D eigenvalue weighted by atomic mass is 9.93. The van der Waals surface area contributed by atoms with Gasteiger partial charge in [-0.1, -0.05) is 37.3 Å². The molecule has 3 atom stereocenters. The van der Waals surface area contributed by atoms with E-state index in [1.165, 1.54) is 0 Å². The van der Waals surface area contributed by atoms with Crippen molar-refractivity contribution in [1.82, 2.24) is 4.31 Å². The molecule has 1 fully saturated rings. The van der Waals surface area contributed by atoms with Crippen LogP contribution >= 0.6 is 0 Å². The van der Waals surface area contributed by atoms with Gasteiger partial charge in [-0.3, -0.25) is 4.18 Å². The highest BCUT2D eigenvalue weighted by Crippen LogP contribution is 2.36. The van der Waals surface area contributed by atoms with Gasteiger partial charge >= 0.3 is 12.1 Å². The molecule has 0 saturated carbocycles. The molecule has 1 aromatic rings. The van der Waals surface area contributed by atoms with Gasteiger partial charge in [0, 0.05) is 0 Å². The second-order valence-corrected chi connectivity index (χ2v) is 8.26. The lowest BCUT2D eigenvalue weighted by molar-refractivity contribution is -0.153. The molecular weight excluding hydrogens is 358 g/mol. The fraction of sp³-hybridized carbons (Fsp3) is 0.556. The molecular formula is C18H25NO6S. The molecule has 1 aromatic carbocycles. The van der Waals surface area contributed by atoms with Crippen molar-refractivity contribution in [2.24, 2.45) is 0 Å². The maximum absolute atomic E-state index is 12.7. The highest BCUT2D eigenvalue weighted by Gasteiger charge is 2.57. The highest BCUT2D eigenvalue weighted by atomic mass is 32.2. The molecule has 1 amide bonds. The third-order valence-electron chi connectivity index (χ3n) is 3.96. The molecule has 0 spiro atoms. The highest BCUT2D eigenvalue weighted by molar-refractivity contribution is 7.78. The summed E-state index contributed by atoms with van der Waals surface area (Å²) in [6.45, 7) is 8.52. The maximum atomic E-state index is 12.7. The van der Waals surface area contributed by atoms with Crippen molar-refractivity contribution in [3.63, 3.8) is 0 Å². The Kier molecular flexibility index (Phi) is 6.08. The van der Waals surface area contributed by atoms with Crippen LogP contribution in [0.3, 0.4) is 0 Å². The van der Waals surface area contributed by atoms with Crippen LogP contribution in [-0.2, 0) is 36.3 Å². The van der Waals surface area contributed by atoms with E-state index in [1.54, 1.807) is 34.6 Å². The number of benzene rings is 1. The van der Waals surface area contributed by atoms with Gasteiger partial charge in [0.1, 0.15) is 17.8 Å². The van der Waals surface area contributed by atoms with Crippen molar-refractivity contribution in [2.45, 2.75) is 64.9 Å². The molecule has 1 saturated heterocycles. The largest absolute Gasteiger partial charge is 0.459 e. The summed E-state index contributed by atoms with van der Waals surface area (Å²) in [5, 5.41) is 0. The van der Waals surface area contributed by atoms with Crippen molar-refractivity contribution in [3.8, 4) is 0 Å². The first-order valence-corrected chi connectivity index (χ1v) is 9.45. The molecule has 8 heteroatoms. The fourth-order valence-electron chi connectivity index (χ4n) is 2.46. The van der Waals surface area contributed by atoms with E-state index in [1.807, 2.05) is 30.3 Å². The molecule has 0 aliphatic carbocycles. The summed E-state index contributed by atoms with van der Waals surface area (Å²) in [7, 11) is 0. The first-order valence-electron chi connectivity index (χ1n) is 8.41. The Bertz CT molecular complexity index is 687. The number of ether oxygens (including phenoxy) is 2. The number of carbonyl (C=O) groups is 2. The van der Waals surface area contributed by atoms with Gasteiger partial charge < -0.3 is 9.47 Å². The number of carbonyl (C=O) groups excluding carboxylic acids is 2. The Morgan fingerprint density at radius 2 is 1.88 bits per heavy atom. The van der Waals surface area contributed by atoms with Crippen LogP contribution in [0.2, 0.25) is 0 Å². The lowest BCUT2D eigenvalue weighted by Crippen LogP contribution is -2.52.